The van der Waals surface area contributed by atoms with Crippen LogP contribution in [0.1, 0.15) is 12.5 Å². The van der Waals surface area contributed by atoms with Crippen LogP contribution < -0.4 is 5.43 Å². The number of hydrogen-bond acceptors (Lipinski definition) is 5. The average molecular weight is 331 g/mol. The maximum Gasteiger partial charge on any atom is 0.442 e. The van der Waals surface area contributed by atoms with Gasteiger partial charge in [-0.25, -0.2) is 5.01 Å². The topological polar surface area (TPSA) is 95.7 Å². The second-order valence-corrected chi connectivity index (χ2v) is 4.99. The SMILES string of the molecule is CC1=CC(O)(C(F)(F)F)N(C(=O)Cc2ccc([N+](=O)[O-])cc2)N1. The van der Waals surface area contributed by atoms with Gasteiger partial charge >= 0.3 is 6.18 Å². The van der Waals surface area contributed by atoms with Crippen molar-refractivity contribution in [1.82, 2.24) is 10.4 Å². The van der Waals surface area contributed by atoms with Crippen LogP contribution in [-0.4, -0.2) is 32.8 Å². The van der Waals surface area contributed by atoms with E-state index in [0.29, 0.717) is 6.08 Å². The first-order valence-electron chi connectivity index (χ1n) is 6.36. The molecule has 2 N–H and O–H groups in total. The molecule has 1 aliphatic rings. The molecule has 0 radical (unpaired) electrons. The normalized spacial score (nSPS) is 20.9. The standard InChI is InChI=1S/C13H12F3N3O4/c1-8-7-12(21,13(14,15)16)18(17-8)11(20)6-9-2-4-10(5-3-9)19(22)23/h2-5,7,17,21H,6H2,1H3. The minimum Gasteiger partial charge on any atom is -0.359 e. The molecule has 0 fully saturated rings. The third-order valence-electron chi connectivity index (χ3n) is 3.22. The molecule has 10 heteroatoms. The Balaban J connectivity index is 2.19. The molecule has 0 bridgehead atoms. The fraction of sp³-hybridized carbons (Fsp3) is 0.308. The molecular weight excluding hydrogens is 319 g/mol. The van der Waals surface area contributed by atoms with Crippen molar-refractivity contribution in [3.05, 3.63) is 51.7 Å². The van der Waals surface area contributed by atoms with E-state index in [4.69, 9.17) is 0 Å². The molecule has 0 aromatic heterocycles. The quantitative estimate of drug-likeness (QED) is 0.648. The third-order valence-corrected chi connectivity index (χ3v) is 3.22. The molecule has 0 saturated heterocycles. The highest BCUT2D eigenvalue weighted by Crippen LogP contribution is 2.37. The molecule has 23 heavy (non-hydrogen) atoms. The van der Waals surface area contributed by atoms with Crippen LogP contribution in [0.25, 0.3) is 0 Å². The summed E-state index contributed by atoms with van der Waals surface area (Å²) in [6.45, 7) is 1.27. The van der Waals surface area contributed by atoms with E-state index in [1.807, 2.05) is 0 Å². The molecule has 1 heterocycles. The van der Waals surface area contributed by atoms with Gasteiger partial charge in [-0.05, 0) is 18.6 Å². The van der Waals surface area contributed by atoms with Gasteiger partial charge in [-0.1, -0.05) is 12.1 Å². The number of alkyl halides is 3. The zero-order valence-corrected chi connectivity index (χ0v) is 11.8. The van der Waals surface area contributed by atoms with Crippen molar-refractivity contribution in [2.24, 2.45) is 0 Å². The number of aliphatic hydroxyl groups is 1. The highest BCUT2D eigenvalue weighted by atomic mass is 19.4. The summed E-state index contributed by atoms with van der Waals surface area (Å²) in [5.74, 6) is -1.04. The Morgan fingerprint density at radius 1 is 1.39 bits per heavy atom. The van der Waals surface area contributed by atoms with Gasteiger partial charge in [0.2, 0.25) is 5.91 Å². The van der Waals surface area contributed by atoms with E-state index in [-0.39, 0.29) is 22.0 Å². The number of allylic oxidation sites excluding steroid dienone is 1. The second kappa shape index (κ2) is 5.54. The lowest BCUT2D eigenvalue weighted by Crippen LogP contribution is -2.60. The summed E-state index contributed by atoms with van der Waals surface area (Å²) < 4.78 is 39.0. The van der Waals surface area contributed by atoms with Gasteiger partial charge in [0, 0.05) is 17.8 Å². The van der Waals surface area contributed by atoms with Crippen LogP contribution in [0.4, 0.5) is 18.9 Å². The maximum atomic E-state index is 13.0. The van der Waals surface area contributed by atoms with Crippen molar-refractivity contribution in [3.63, 3.8) is 0 Å². The number of hydrazine groups is 1. The van der Waals surface area contributed by atoms with Crippen LogP contribution in [0, 0.1) is 10.1 Å². The Morgan fingerprint density at radius 2 is 1.96 bits per heavy atom. The number of nitrogens with one attached hydrogen (secondary N) is 1. The first-order chi connectivity index (χ1) is 10.5. The minimum absolute atomic E-state index is 0.0260. The fourth-order valence-electron chi connectivity index (χ4n) is 2.11. The van der Waals surface area contributed by atoms with Crippen LogP contribution >= 0.6 is 0 Å². The van der Waals surface area contributed by atoms with Crippen molar-refractivity contribution < 1.29 is 28.0 Å². The first kappa shape index (κ1) is 16.7. The van der Waals surface area contributed by atoms with E-state index in [9.17, 15) is 33.2 Å². The molecule has 0 aliphatic carbocycles. The number of rotatable bonds is 3. The monoisotopic (exact) mass is 331 g/mol. The fourth-order valence-corrected chi connectivity index (χ4v) is 2.11. The third kappa shape index (κ3) is 3.11. The van der Waals surface area contributed by atoms with Gasteiger partial charge in [0.1, 0.15) is 0 Å². The van der Waals surface area contributed by atoms with Crippen molar-refractivity contribution in [2.45, 2.75) is 25.2 Å². The van der Waals surface area contributed by atoms with Crippen molar-refractivity contribution in [2.75, 3.05) is 0 Å². The number of hydrogen-bond donors (Lipinski definition) is 2. The summed E-state index contributed by atoms with van der Waals surface area (Å²) in [5, 5.41) is 20.4. The van der Waals surface area contributed by atoms with Gasteiger partial charge in [0.15, 0.2) is 0 Å². The Labute approximate surface area is 128 Å². The molecule has 0 saturated carbocycles. The number of amides is 1. The number of nitro benzene ring substituents is 1. The Hall–Kier alpha value is -2.62. The molecule has 2 rings (SSSR count). The van der Waals surface area contributed by atoms with Gasteiger partial charge in [-0.15, -0.1) is 0 Å². The largest absolute Gasteiger partial charge is 0.442 e. The molecule has 7 nitrogen and oxygen atoms in total. The van der Waals surface area contributed by atoms with Crippen LogP contribution in [-0.2, 0) is 11.2 Å². The van der Waals surface area contributed by atoms with Crippen molar-refractivity contribution in [1.29, 1.82) is 0 Å². The zero-order chi connectivity index (χ0) is 17.4. The van der Waals surface area contributed by atoms with Crippen LogP contribution in [0.5, 0.6) is 0 Å². The van der Waals surface area contributed by atoms with E-state index >= 15 is 0 Å². The molecule has 1 aliphatic heterocycles. The predicted molar refractivity (Wildman–Crippen MR) is 71.5 cm³/mol. The number of carbonyl (C=O) groups is 1. The molecule has 1 aromatic carbocycles. The number of nitro groups is 1. The number of carbonyl (C=O) groups excluding carboxylic acids is 1. The van der Waals surface area contributed by atoms with Crippen LogP contribution in [0.2, 0.25) is 0 Å². The highest BCUT2D eigenvalue weighted by Gasteiger charge is 2.61. The van der Waals surface area contributed by atoms with Gasteiger partial charge in [-0.3, -0.25) is 20.3 Å². The van der Waals surface area contributed by atoms with E-state index < -0.39 is 29.2 Å². The lowest BCUT2D eigenvalue weighted by molar-refractivity contribution is -0.384. The number of benzene rings is 1. The lowest BCUT2D eigenvalue weighted by Gasteiger charge is -2.33. The summed E-state index contributed by atoms with van der Waals surface area (Å²) in [4.78, 5) is 22.0. The Kier molecular flexibility index (Phi) is 4.03. The van der Waals surface area contributed by atoms with Crippen molar-refractivity contribution >= 4 is 11.6 Å². The number of nitrogens with zero attached hydrogens (tertiary/aromatic N) is 2. The van der Waals surface area contributed by atoms with E-state index in [1.54, 1.807) is 0 Å². The molecule has 1 unspecified atom stereocenters. The lowest BCUT2D eigenvalue weighted by atomic mass is 10.1. The number of halogens is 3. The number of non-ortho nitro benzene ring substituents is 1. The van der Waals surface area contributed by atoms with Gasteiger partial charge in [-0.2, -0.15) is 13.2 Å². The van der Waals surface area contributed by atoms with E-state index in [1.165, 1.54) is 19.1 Å². The smallest absolute Gasteiger partial charge is 0.359 e. The molecule has 1 amide bonds. The summed E-state index contributed by atoms with van der Waals surface area (Å²) in [6, 6.07) is 4.80. The second-order valence-electron chi connectivity index (χ2n) is 4.99. The molecular formula is C13H12F3N3O4. The predicted octanol–water partition coefficient (Wildman–Crippen LogP) is 1.64. The van der Waals surface area contributed by atoms with E-state index in [0.717, 1.165) is 12.1 Å². The summed E-state index contributed by atoms with van der Waals surface area (Å²) >= 11 is 0. The zero-order valence-electron chi connectivity index (χ0n) is 11.8. The van der Waals surface area contributed by atoms with Gasteiger partial charge in [0.05, 0.1) is 11.3 Å². The molecule has 1 atom stereocenters. The van der Waals surface area contributed by atoms with Gasteiger partial charge < -0.3 is 5.11 Å². The minimum atomic E-state index is -5.08. The van der Waals surface area contributed by atoms with Crippen molar-refractivity contribution in [3.8, 4) is 0 Å². The first-order valence-corrected chi connectivity index (χ1v) is 6.36. The Morgan fingerprint density at radius 3 is 2.43 bits per heavy atom. The average Bonchev–Trinajstić information content (AvgIpc) is 2.75. The Bertz CT molecular complexity index is 672. The summed E-state index contributed by atoms with van der Waals surface area (Å²) in [5.41, 5.74) is -1.22. The molecule has 124 valence electrons. The highest BCUT2D eigenvalue weighted by molar-refractivity contribution is 5.80. The molecule has 1 aromatic rings. The summed E-state index contributed by atoms with van der Waals surface area (Å²) in [6.07, 6.45) is -5.05. The maximum absolute atomic E-state index is 13.0. The van der Waals surface area contributed by atoms with Gasteiger partial charge in [0.25, 0.3) is 11.4 Å². The molecule has 0 spiro atoms. The van der Waals surface area contributed by atoms with E-state index in [2.05, 4.69) is 5.43 Å². The van der Waals surface area contributed by atoms with Crippen LogP contribution in [0.3, 0.4) is 0 Å². The van der Waals surface area contributed by atoms with Crippen LogP contribution in [0.15, 0.2) is 36.0 Å². The summed E-state index contributed by atoms with van der Waals surface area (Å²) in [7, 11) is 0.